The largest absolute Gasteiger partial charge is 0.433 e. The number of anilines is 2. The summed E-state index contributed by atoms with van der Waals surface area (Å²) in [5, 5.41) is 2.41. The summed E-state index contributed by atoms with van der Waals surface area (Å²) in [4.78, 5) is 11.2. The van der Waals surface area contributed by atoms with Crippen LogP contribution in [0, 0.1) is 11.6 Å². The summed E-state index contributed by atoms with van der Waals surface area (Å²) >= 11 is 0. The van der Waals surface area contributed by atoms with Crippen LogP contribution in [0.25, 0.3) is 11.4 Å². The standard InChI is InChI=1S/C16H9F5N4/c17-10-1-2-12(11(18)7-10)23-14-8-13(16(19,20)21)24-15(25-14)9-3-5-22-6-4-9/h1-8H,(H,23,24,25). The van der Waals surface area contributed by atoms with Crippen LogP contribution in [0.4, 0.5) is 33.5 Å². The summed E-state index contributed by atoms with van der Waals surface area (Å²) < 4.78 is 65.9. The fourth-order valence-electron chi connectivity index (χ4n) is 2.02. The van der Waals surface area contributed by atoms with Crippen molar-refractivity contribution in [3.63, 3.8) is 0 Å². The van der Waals surface area contributed by atoms with Crippen molar-refractivity contribution in [1.29, 1.82) is 0 Å². The van der Waals surface area contributed by atoms with Gasteiger partial charge in [-0.25, -0.2) is 18.7 Å². The maximum Gasteiger partial charge on any atom is 0.433 e. The van der Waals surface area contributed by atoms with E-state index >= 15 is 0 Å². The molecule has 9 heteroatoms. The number of nitrogens with one attached hydrogen (secondary N) is 1. The van der Waals surface area contributed by atoms with Crippen LogP contribution in [0.1, 0.15) is 5.69 Å². The number of aromatic nitrogens is 3. The summed E-state index contributed by atoms with van der Waals surface area (Å²) in [6.45, 7) is 0. The normalized spacial score (nSPS) is 11.4. The molecule has 128 valence electrons. The lowest BCUT2D eigenvalue weighted by atomic mass is 10.2. The first-order valence-electron chi connectivity index (χ1n) is 6.92. The molecule has 0 spiro atoms. The molecular weight excluding hydrogens is 343 g/mol. The molecule has 0 aliphatic carbocycles. The smallest absolute Gasteiger partial charge is 0.338 e. The lowest BCUT2D eigenvalue weighted by molar-refractivity contribution is -0.141. The summed E-state index contributed by atoms with van der Waals surface area (Å²) in [6, 6.07) is 6.17. The Morgan fingerprint density at radius 3 is 2.24 bits per heavy atom. The molecular formula is C16H9F5N4. The van der Waals surface area contributed by atoms with Crippen molar-refractivity contribution in [1.82, 2.24) is 15.0 Å². The predicted octanol–water partition coefficient (Wildman–Crippen LogP) is 4.58. The second kappa shape index (κ2) is 6.42. The third-order valence-electron chi connectivity index (χ3n) is 3.15. The Morgan fingerprint density at radius 2 is 1.60 bits per heavy atom. The van der Waals surface area contributed by atoms with Gasteiger partial charge >= 0.3 is 6.18 Å². The summed E-state index contributed by atoms with van der Waals surface area (Å²) in [5.41, 5.74) is -1.10. The number of hydrogen-bond donors (Lipinski definition) is 1. The molecule has 2 aromatic heterocycles. The molecule has 2 heterocycles. The van der Waals surface area contributed by atoms with Crippen molar-refractivity contribution >= 4 is 11.5 Å². The van der Waals surface area contributed by atoms with E-state index in [9.17, 15) is 22.0 Å². The van der Waals surface area contributed by atoms with Crippen LogP contribution in [0.5, 0.6) is 0 Å². The highest BCUT2D eigenvalue weighted by atomic mass is 19.4. The van der Waals surface area contributed by atoms with Crippen molar-refractivity contribution in [2.75, 3.05) is 5.32 Å². The van der Waals surface area contributed by atoms with Crippen molar-refractivity contribution in [2.24, 2.45) is 0 Å². The monoisotopic (exact) mass is 352 g/mol. The fourth-order valence-corrected chi connectivity index (χ4v) is 2.02. The second-order valence-electron chi connectivity index (χ2n) is 4.94. The minimum absolute atomic E-state index is 0.206. The van der Waals surface area contributed by atoms with Gasteiger partial charge in [-0.15, -0.1) is 0 Å². The van der Waals surface area contributed by atoms with Gasteiger partial charge in [0.2, 0.25) is 0 Å². The number of pyridine rings is 1. The first-order chi connectivity index (χ1) is 11.8. The highest BCUT2D eigenvalue weighted by Crippen LogP contribution is 2.31. The highest BCUT2D eigenvalue weighted by molar-refractivity contribution is 5.62. The first kappa shape index (κ1) is 16.7. The van der Waals surface area contributed by atoms with E-state index in [1.54, 1.807) is 0 Å². The predicted molar refractivity (Wildman–Crippen MR) is 79.9 cm³/mol. The van der Waals surface area contributed by atoms with Gasteiger partial charge in [0.15, 0.2) is 11.5 Å². The molecule has 25 heavy (non-hydrogen) atoms. The fraction of sp³-hybridized carbons (Fsp3) is 0.0625. The van der Waals surface area contributed by atoms with Gasteiger partial charge in [0.25, 0.3) is 0 Å². The molecule has 1 N–H and O–H groups in total. The van der Waals surface area contributed by atoms with Gasteiger partial charge in [-0.05, 0) is 24.3 Å². The van der Waals surface area contributed by atoms with Gasteiger partial charge in [-0.1, -0.05) is 0 Å². The SMILES string of the molecule is Fc1ccc(Nc2cc(C(F)(F)F)nc(-c3ccncc3)n2)c(F)c1. The zero-order valence-corrected chi connectivity index (χ0v) is 12.4. The molecule has 0 aliphatic heterocycles. The van der Waals surface area contributed by atoms with E-state index in [4.69, 9.17) is 0 Å². The Morgan fingerprint density at radius 1 is 0.880 bits per heavy atom. The van der Waals surface area contributed by atoms with E-state index in [1.165, 1.54) is 24.5 Å². The highest BCUT2D eigenvalue weighted by Gasteiger charge is 2.34. The molecule has 0 amide bonds. The van der Waals surface area contributed by atoms with Crippen LogP contribution in [-0.2, 0) is 6.18 Å². The third kappa shape index (κ3) is 3.87. The number of alkyl halides is 3. The quantitative estimate of drug-likeness (QED) is 0.701. The van der Waals surface area contributed by atoms with Gasteiger partial charge in [0.1, 0.15) is 17.5 Å². The van der Waals surface area contributed by atoms with E-state index < -0.39 is 23.5 Å². The number of hydrogen-bond acceptors (Lipinski definition) is 4. The van der Waals surface area contributed by atoms with Crippen LogP contribution < -0.4 is 5.32 Å². The molecule has 0 aliphatic rings. The summed E-state index contributed by atoms with van der Waals surface area (Å²) in [7, 11) is 0. The Bertz CT molecular complexity index is 897. The van der Waals surface area contributed by atoms with E-state index in [1.807, 2.05) is 0 Å². The average molecular weight is 352 g/mol. The van der Waals surface area contributed by atoms with Crippen LogP contribution in [0.2, 0.25) is 0 Å². The van der Waals surface area contributed by atoms with Gasteiger partial charge in [0.05, 0.1) is 5.69 Å². The lowest BCUT2D eigenvalue weighted by Crippen LogP contribution is -2.11. The number of halogens is 5. The van der Waals surface area contributed by atoms with E-state index in [0.717, 1.165) is 12.1 Å². The maximum absolute atomic E-state index is 13.7. The van der Waals surface area contributed by atoms with E-state index in [2.05, 4.69) is 20.3 Å². The molecule has 4 nitrogen and oxygen atoms in total. The average Bonchev–Trinajstić information content (AvgIpc) is 2.57. The summed E-state index contributed by atoms with van der Waals surface area (Å²) in [5.74, 6) is -2.25. The van der Waals surface area contributed by atoms with Crippen molar-refractivity contribution < 1.29 is 22.0 Å². The van der Waals surface area contributed by atoms with Crippen molar-refractivity contribution in [3.05, 3.63) is 66.1 Å². The maximum atomic E-state index is 13.7. The molecule has 0 atom stereocenters. The van der Waals surface area contributed by atoms with Crippen LogP contribution in [0.15, 0.2) is 48.8 Å². The van der Waals surface area contributed by atoms with E-state index in [-0.39, 0.29) is 17.3 Å². The molecule has 3 rings (SSSR count). The van der Waals surface area contributed by atoms with Gasteiger partial charge < -0.3 is 5.32 Å². The summed E-state index contributed by atoms with van der Waals surface area (Å²) in [6.07, 6.45) is -1.96. The molecule has 0 fully saturated rings. The molecule has 0 saturated heterocycles. The number of nitrogens with zero attached hydrogens (tertiary/aromatic N) is 3. The van der Waals surface area contributed by atoms with Gasteiger partial charge in [-0.2, -0.15) is 13.2 Å². The lowest BCUT2D eigenvalue weighted by Gasteiger charge is -2.12. The Hall–Kier alpha value is -3.10. The molecule has 0 unspecified atom stereocenters. The van der Waals surface area contributed by atoms with Gasteiger partial charge in [-0.3, -0.25) is 4.98 Å². The molecule has 3 aromatic rings. The van der Waals surface area contributed by atoms with Gasteiger partial charge in [0, 0.05) is 30.1 Å². The third-order valence-corrected chi connectivity index (χ3v) is 3.15. The molecule has 0 bridgehead atoms. The van der Waals surface area contributed by atoms with Crippen molar-refractivity contribution in [3.8, 4) is 11.4 Å². The minimum atomic E-state index is -4.72. The van der Waals surface area contributed by atoms with E-state index in [0.29, 0.717) is 17.7 Å². The first-order valence-corrected chi connectivity index (χ1v) is 6.92. The zero-order chi connectivity index (χ0) is 18.0. The van der Waals surface area contributed by atoms with Crippen LogP contribution in [-0.4, -0.2) is 15.0 Å². The minimum Gasteiger partial charge on any atom is -0.338 e. The Balaban J connectivity index is 2.06. The number of rotatable bonds is 3. The number of benzene rings is 1. The van der Waals surface area contributed by atoms with Crippen LogP contribution in [0.3, 0.4) is 0 Å². The molecule has 0 radical (unpaired) electrons. The van der Waals surface area contributed by atoms with Crippen molar-refractivity contribution in [2.45, 2.75) is 6.18 Å². The zero-order valence-electron chi connectivity index (χ0n) is 12.4. The molecule has 1 aromatic carbocycles. The van der Waals surface area contributed by atoms with Crippen LogP contribution >= 0.6 is 0 Å². The Kier molecular flexibility index (Phi) is 4.30. The second-order valence-corrected chi connectivity index (χ2v) is 4.94. The topological polar surface area (TPSA) is 50.7 Å². The molecule has 0 saturated carbocycles. The Labute approximate surface area is 138 Å².